The molecule has 1 atom stereocenters. The fourth-order valence-electron chi connectivity index (χ4n) is 2.21. The lowest BCUT2D eigenvalue weighted by atomic mass is 9.95. The van der Waals surface area contributed by atoms with Crippen LogP contribution in [0.1, 0.15) is 45.6 Å². The van der Waals surface area contributed by atoms with Gasteiger partial charge in [-0.05, 0) is 48.4 Å². The van der Waals surface area contributed by atoms with Gasteiger partial charge in [0.1, 0.15) is 5.82 Å². The average Bonchev–Trinajstić information content (AvgIpc) is 2.42. The minimum atomic E-state index is -0.177. The maximum absolute atomic E-state index is 13.1. The molecule has 1 rings (SSSR count). The van der Waals surface area contributed by atoms with Crippen LogP contribution in [0.2, 0.25) is 0 Å². The molecule has 0 heterocycles. The van der Waals surface area contributed by atoms with Crippen LogP contribution in [0.5, 0.6) is 0 Å². The summed E-state index contributed by atoms with van der Waals surface area (Å²) in [6.45, 7) is 12.2. The van der Waals surface area contributed by atoms with Crippen molar-refractivity contribution in [2.45, 2.75) is 40.0 Å². The van der Waals surface area contributed by atoms with E-state index in [1.807, 2.05) is 12.1 Å². The molecule has 0 amide bonds. The Morgan fingerprint density at radius 1 is 1.00 bits per heavy atom. The number of benzene rings is 1. The first-order valence-electron chi connectivity index (χ1n) is 8.03. The van der Waals surface area contributed by atoms with Gasteiger partial charge in [-0.15, -0.1) is 0 Å². The van der Waals surface area contributed by atoms with E-state index in [0.717, 1.165) is 32.7 Å². The molecular formula is C18H30FNO. The van der Waals surface area contributed by atoms with Crippen molar-refractivity contribution >= 4 is 0 Å². The Bertz CT molecular complexity index is 375. The predicted molar refractivity (Wildman–Crippen MR) is 87.1 cm³/mol. The van der Waals surface area contributed by atoms with Crippen LogP contribution in [0.15, 0.2) is 24.3 Å². The highest BCUT2D eigenvalue weighted by molar-refractivity contribution is 5.20. The highest BCUT2D eigenvalue weighted by Crippen LogP contribution is 2.20. The third-order valence-electron chi connectivity index (χ3n) is 3.35. The molecule has 0 aliphatic carbocycles. The van der Waals surface area contributed by atoms with Crippen LogP contribution in [0.25, 0.3) is 0 Å². The second-order valence-electron chi connectivity index (χ2n) is 6.56. The summed E-state index contributed by atoms with van der Waals surface area (Å²) < 4.78 is 18.8. The molecule has 3 heteroatoms. The van der Waals surface area contributed by atoms with Gasteiger partial charge in [0.05, 0.1) is 0 Å². The van der Waals surface area contributed by atoms with Crippen LogP contribution in [-0.4, -0.2) is 26.3 Å². The quantitative estimate of drug-likeness (QED) is 0.653. The maximum atomic E-state index is 13.1. The number of rotatable bonds is 10. The van der Waals surface area contributed by atoms with Crippen LogP contribution < -0.4 is 5.32 Å². The zero-order valence-electron chi connectivity index (χ0n) is 13.9. The Balaban J connectivity index is 2.50. The first-order chi connectivity index (χ1) is 9.99. The fraction of sp³-hybridized carbons (Fsp3) is 0.667. The average molecular weight is 295 g/mol. The van der Waals surface area contributed by atoms with E-state index >= 15 is 0 Å². The largest absolute Gasteiger partial charge is 0.381 e. The molecule has 1 unspecified atom stereocenters. The van der Waals surface area contributed by atoms with E-state index in [4.69, 9.17) is 4.74 Å². The van der Waals surface area contributed by atoms with Gasteiger partial charge in [-0.25, -0.2) is 4.39 Å². The molecule has 1 aromatic rings. The fourth-order valence-corrected chi connectivity index (χ4v) is 2.21. The Hall–Kier alpha value is -0.930. The molecule has 0 aliphatic rings. The van der Waals surface area contributed by atoms with Crippen molar-refractivity contribution in [1.82, 2.24) is 5.32 Å². The van der Waals surface area contributed by atoms with Gasteiger partial charge in [0.2, 0.25) is 0 Å². The van der Waals surface area contributed by atoms with Gasteiger partial charge in [-0.2, -0.15) is 0 Å². The zero-order chi connectivity index (χ0) is 15.7. The molecule has 120 valence electrons. The van der Waals surface area contributed by atoms with Gasteiger partial charge in [0.25, 0.3) is 0 Å². The lowest BCUT2D eigenvalue weighted by Crippen LogP contribution is -2.26. The van der Waals surface area contributed by atoms with Gasteiger partial charge in [-0.3, -0.25) is 0 Å². The summed E-state index contributed by atoms with van der Waals surface area (Å²) in [6, 6.07) is 6.86. The highest BCUT2D eigenvalue weighted by atomic mass is 19.1. The normalized spacial score (nSPS) is 13.1. The Morgan fingerprint density at radius 2 is 1.67 bits per heavy atom. The molecule has 0 fully saturated rings. The standard InChI is InChI=1S/C18H30FNO/c1-14(2)11-20-12-17(9-10-21-13-15(3)4)16-5-7-18(19)8-6-16/h5-8,14-15,17,20H,9-13H2,1-4H3. The van der Waals surface area contributed by atoms with Crippen molar-refractivity contribution < 1.29 is 9.13 Å². The molecule has 2 nitrogen and oxygen atoms in total. The lowest BCUT2D eigenvalue weighted by molar-refractivity contribution is 0.103. The Morgan fingerprint density at radius 3 is 2.24 bits per heavy atom. The van der Waals surface area contributed by atoms with E-state index in [9.17, 15) is 4.39 Å². The molecule has 1 aromatic carbocycles. The van der Waals surface area contributed by atoms with E-state index in [0.29, 0.717) is 17.8 Å². The molecule has 0 bridgehead atoms. The molecule has 1 N–H and O–H groups in total. The third-order valence-corrected chi connectivity index (χ3v) is 3.35. The summed E-state index contributed by atoms with van der Waals surface area (Å²) in [4.78, 5) is 0. The predicted octanol–water partition coefficient (Wildman–Crippen LogP) is 4.22. The zero-order valence-corrected chi connectivity index (χ0v) is 13.9. The molecule has 0 aromatic heterocycles. The molecule has 21 heavy (non-hydrogen) atoms. The number of hydrogen-bond acceptors (Lipinski definition) is 2. The monoisotopic (exact) mass is 295 g/mol. The van der Waals surface area contributed by atoms with Crippen molar-refractivity contribution in [2.75, 3.05) is 26.3 Å². The first kappa shape index (κ1) is 18.1. The number of hydrogen-bond donors (Lipinski definition) is 1. The molecule has 0 saturated heterocycles. The third kappa shape index (κ3) is 8.18. The van der Waals surface area contributed by atoms with Crippen molar-refractivity contribution in [1.29, 1.82) is 0 Å². The maximum Gasteiger partial charge on any atom is 0.123 e. The van der Waals surface area contributed by atoms with Crippen LogP contribution >= 0.6 is 0 Å². The molecular weight excluding hydrogens is 265 g/mol. The molecule has 0 aliphatic heterocycles. The Labute approximate surface area is 129 Å². The van der Waals surface area contributed by atoms with Gasteiger partial charge in [0.15, 0.2) is 0 Å². The summed E-state index contributed by atoms with van der Waals surface area (Å²) in [5.74, 6) is 1.39. The van der Waals surface area contributed by atoms with Crippen molar-refractivity contribution in [3.63, 3.8) is 0 Å². The second kappa shape index (κ2) is 9.91. The number of nitrogens with one attached hydrogen (secondary N) is 1. The lowest BCUT2D eigenvalue weighted by Gasteiger charge is -2.19. The molecule has 0 spiro atoms. The van der Waals surface area contributed by atoms with E-state index in [1.54, 1.807) is 12.1 Å². The summed E-state index contributed by atoms with van der Waals surface area (Å²) in [6.07, 6.45) is 0.962. The van der Waals surface area contributed by atoms with Crippen molar-refractivity contribution in [2.24, 2.45) is 11.8 Å². The minimum Gasteiger partial charge on any atom is -0.381 e. The SMILES string of the molecule is CC(C)CNCC(CCOCC(C)C)c1ccc(F)cc1. The summed E-state index contributed by atoms with van der Waals surface area (Å²) in [5, 5.41) is 3.50. The topological polar surface area (TPSA) is 21.3 Å². The van der Waals surface area contributed by atoms with E-state index in [2.05, 4.69) is 33.0 Å². The molecule has 0 saturated carbocycles. The van der Waals surface area contributed by atoms with E-state index in [1.165, 1.54) is 5.56 Å². The highest BCUT2D eigenvalue weighted by Gasteiger charge is 2.12. The van der Waals surface area contributed by atoms with E-state index in [-0.39, 0.29) is 5.82 Å². The summed E-state index contributed by atoms with van der Waals surface area (Å²) in [7, 11) is 0. The summed E-state index contributed by atoms with van der Waals surface area (Å²) >= 11 is 0. The van der Waals surface area contributed by atoms with E-state index < -0.39 is 0 Å². The smallest absolute Gasteiger partial charge is 0.123 e. The van der Waals surface area contributed by atoms with Gasteiger partial charge in [0, 0.05) is 19.8 Å². The van der Waals surface area contributed by atoms with Gasteiger partial charge >= 0.3 is 0 Å². The van der Waals surface area contributed by atoms with Gasteiger partial charge < -0.3 is 10.1 Å². The summed E-state index contributed by atoms with van der Waals surface area (Å²) in [5.41, 5.74) is 1.18. The number of ether oxygens (including phenoxy) is 1. The Kier molecular flexibility index (Phi) is 8.55. The van der Waals surface area contributed by atoms with Crippen LogP contribution in [0, 0.1) is 17.7 Å². The second-order valence-corrected chi connectivity index (χ2v) is 6.56. The first-order valence-corrected chi connectivity index (χ1v) is 8.03. The minimum absolute atomic E-state index is 0.177. The molecule has 0 radical (unpaired) electrons. The van der Waals surface area contributed by atoms with Crippen LogP contribution in [0.4, 0.5) is 4.39 Å². The van der Waals surface area contributed by atoms with Crippen molar-refractivity contribution in [3.8, 4) is 0 Å². The van der Waals surface area contributed by atoms with Gasteiger partial charge in [-0.1, -0.05) is 39.8 Å². The van der Waals surface area contributed by atoms with Crippen LogP contribution in [-0.2, 0) is 4.74 Å². The van der Waals surface area contributed by atoms with Crippen LogP contribution in [0.3, 0.4) is 0 Å². The number of halogens is 1. The van der Waals surface area contributed by atoms with Crippen molar-refractivity contribution in [3.05, 3.63) is 35.6 Å².